The lowest BCUT2D eigenvalue weighted by molar-refractivity contribution is -0.384. The van der Waals surface area contributed by atoms with Crippen LogP contribution in [0.25, 0.3) is 0 Å². The molecule has 0 aliphatic heterocycles. The average Bonchev–Trinajstić information content (AvgIpc) is 2.29. The second-order valence-electron chi connectivity index (χ2n) is 4.19. The average molecular weight is 293 g/mol. The van der Waals surface area contributed by atoms with Crippen molar-refractivity contribution in [2.75, 3.05) is 25.4 Å². The highest BCUT2D eigenvalue weighted by atomic mass is 19.4. The van der Waals surface area contributed by atoms with Crippen LogP contribution in [0.1, 0.15) is 5.56 Å². The number of rotatable bonds is 6. The summed E-state index contributed by atoms with van der Waals surface area (Å²) in [6.45, 7) is -2.12. The van der Waals surface area contributed by atoms with Crippen LogP contribution in [0.2, 0.25) is 0 Å². The summed E-state index contributed by atoms with van der Waals surface area (Å²) in [4.78, 5) is 10.9. The molecule has 6 nitrogen and oxygen atoms in total. The Balaban J connectivity index is 2.92. The van der Waals surface area contributed by atoms with Gasteiger partial charge in [-0.25, -0.2) is 0 Å². The quantitative estimate of drug-likeness (QED) is 0.471. The zero-order chi connectivity index (χ0) is 15.3. The Kier molecular flexibility index (Phi) is 5.28. The molecule has 0 atom stereocenters. The molecule has 1 rings (SSSR count). The number of hydrogen-bond donors (Lipinski definition) is 2. The molecular formula is C11H14F3N3O3. The smallest absolute Gasteiger partial charge is 0.398 e. The topological polar surface area (TPSA) is 92.6 Å². The molecule has 1 aromatic carbocycles. The number of hydrogen-bond acceptors (Lipinski definition) is 5. The van der Waals surface area contributed by atoms with Gasteiger partial charge in [0.05, 0.1) is 18.1 Å². The van der Waals surface area contributed by atoms with E-state index in [1.54, 1.807) is 0 Å². The standard InChI is InChI=1S/C11H14F3N3O3/c12-11(13,14)7-16(3-4-18)6-8-5-9(17(19)20)1-2-10(8)15/h1-2,5,18H,3-4,6-7,15H2. The lowest BCUT2D eigenvalue weighted by Crippen LogP contribution is -2.35. The van der Waals surface area contributed by atoms with Crippen LogP contribution in [0.3, 0.4) is 0 Å². The van der Waals surface area contributed by atoms with E-state index in [9.17, 15) is 23.3 Å². The number of non-ortho nitro benzene ring substituents is 1. The third-order valence-electron chi connectivity index (χ3n) is 2.55. The molecule has 0 spiro atoms. The van der Waals surface area contributed by atoms with E-state index in [0.717, 1.165) is 11.0 Å². The molecular weight excluding hydrogens is 279 g/mol. The number of aliphatic hydroxyl groups excluding tert-OH is 1. The minimum Gasteiger partial charge on any atom is -0.398 e. The van der Waals surface area contributed by atoms with Gasteiger partial charge in [0.1, 0.15) is 0 Å². The van der Waals surface area contributed by atoms with Crippen LogP contribution in [0.4, 0.5) is 24.5 Å². The second-order valence-corrected chi connectivity index (χ2v) is 4.19. The number of nitrogens with zero attached hydrogens (tertiary/aromatic N) is 2. The molecule has 112 valence electrons. The molecule has 0 saturated heterocycles. The molecule has 0 unspecified atom stereocenters. The Bertz CT molecular complexity index is 480. The molecule has 1 aromatic rings. The summed E-state index contributed by atoms with van der Waals surface area (Å²) in [5.41, 5.74) is 5.75. The van der Waals surface area contributed by atoms with Gasteiger partial charge in [0, 0.05) is 30.9 Å². The van der Waals surface area contributed by atoms with E-state index in [-0.39, 0.29) is 30.0 Å². The minimum atomic E-state index is -4.43. The molecule has 0 amide bonds. The van der Waals surface area contributed by atoms with E-state index in [1.807, 2.05) is 0 Å². The van der Waals surface area contributed by atoms with Crippen molar-refractivity contribution >= 4 is 11.4 Å². The van der Waals surface area contributed by atoms with E-state index in [0.29, 0.717) is 0 Å². The number of halogens is 3. The monoisotopic (exact) mass is 293 g/mol. The molecule has 20 heavy (non-hydrogen) atoms. The zero-order valence-corrected chi connectivity index (χ0v) is 10.4. The fraction of sp³-hybridized carbons (Fsp3) is 0.455. The van der Waals surface area contributed by atoms with Gasteiger partial charge in [0.15, 0.2) is 0 Å². The van der Waals surface area contributed by atoms with Crippen molar-refractivity contribution in [3.05, 3.63) is 33.9 Å². The summed E-state index contributed by atoms with van der Waals surface area (Å²) >= 11 is 0. The first kappa shape index (κ1) is 16.2. The fourth-order valence-electron chi connectivity index (χ4n) is 1.69. The first-order chi connectivity index (χ1) is 9.23. The number of benzene rings is 1. The summed E-state index contributed by atoms with van der Waals surface area (Å²) in [5, 5.41) is 19.4. The van der Waals surface area contributed by atoms with Gasteiger partial charge < -0.3 is 10.8 Å². The Morgan fingerprint density at radius 2 is 2.05 bits per heavy atom. The molecule has 0 bridgehead atoms. The maximum atomic E-state index is 12.4. The van der Waals surface area contributed by atoms with Crippen LogP contribution < -0.4 is 5.73 Å². The maximum absolute atomic E-state index is 12.4. The van der Waals surface area contributed by atoms with Gasteiger partial charge in [0.25, 0.3) is 5.69 Å². The molecule has 0 saturated carbocycles. The van der Waals surface area contributed by atoms with Crippen molar-refractivity contribution in [3.8, 4) is 0 Å². The summed E-state index contributed by atoms with van der Waals surface area (Å²) in [5.74, 6) is 0. The molecule has 0 radical (unpaired) electrons. The molecule has 9 heteroatoms. The first-order valence-corrected chi connectivity index (χ1v) is 5.65. The van der Waals surface area contributed by atoms with Crippen LogP contribution in [0, 0.1) is 10.1 Å². The predicted octanol–water partition coefficient (Wildman–Crippen LogP) is 1.53. The number of nitro benzene ring substituents is 1. The van der Waals surface area contributed by atoms with Crippen molar-refractivity contribution in [2.24, 2.45) is 0 Å². The minimum absolute atomic E-state index is 0.167. The van der Waals surface area contributed by atoms with Crippen molar-refractivity contribution in [1.82, 2.24) is 4.90 Å². The van der Waals surface area contributed by atoms with Crippen molar-refractivity contribution in [2.45, 2.75) is 12.7 Å². The van der Waals surface area contributed by atoms with E-state index < -0.39 is 24.3 Å². The number of aliphatic hydroxyl groups is 1. The first-order valence-electron chi connectivity index (χ1n) is 5.65. The lowest BCUT2D eigenvalue weighted by atomic mass is 10.1. The Hall–Kier alpha value is -1.87. The number of alkyl halides is 3. The SMILES string of the molecule is Nc1ccc([N+](=O)[O-])cc1CN(CCO)CC(F)(F)F. The Labute approximate surface area is 112 Å². The van der Waals surface area contributed by atoms with E-state index in [2.05, 4.69) is 0 Å². The largest absolute Gasteiger partial charge is 0.401 e. The number of nitrogen functional groups attached to an aromatic ring is 1. The summed E-state index contributed by atoms with van der Waals surface area (Å²) in [7, 11) is 0. The molecule has 0 aliphatic carbocycles. The van der Waals surface area contributed by atoms with Crippen LogP contribution in [-0.2, 0) is 6.54 Å². The van der Waals surface area contributed by atoms with Crippen molar-refractivity contribution < 1.29 is 23.2 Å². The highest BCUT2D eigenvalue weighted by Crippen LogP contribution is 2.23. The second kappa shape index (κ2) is 6.53. The van der Waals surface area contributed by atoms with Gasteiger partial charge in [-0.1, -0.05) is 0 Å². The van der Waals surface area contributed by atoms with Gasteiger partial charge in [-0.15, -0.1) is 0 Å². The van der Waals surface area contributed by atoms with Crippen LogP contribution in [0.5, 0.6) is 0 Å². The number of anilines is 1. The van der Waals surface area contributed by atoms with Gasteiger partial charge in [-0.3, -0.25) is 15.0 Å². The third-order valence-corrected chi connectivity index (χ3v) is 2.55. The maximum Gasteiger partial charge on any atom is 0.401 e. The van der Waals surface area contributed by atoms with Crippen LogP contribution in [-0.4, -0.2) is 40.8 Å². The molecule has 0 fully saturated rings. The van der Waals surface area contributed by atoms with Gasteiger partial charge >= 0.3 is 6.18 Å². The normalized spacial score (nSPS) is 11.8. The highest BCUT2D eigenvalue weighted by molar-refractivity contribution is 5.52. The van der Waals surface area contributed by atoms with Gasteiger partial charge in [-0.05, 0) is 11.6 Å². The number of nitro groups is 1. The fourth-order valence-corrected chi connectivity index (χ4v) is 1.69. The van der Waals surface area contributed by atoms with Crippen LogP contribution >= 0.6 is 0 Å². The summed E-state index contributed by atoms with van der Waals surface area (Å²) in [6.07, 6.45) is -4.43. The van der Waals surface area contributed by atoms with E-state index in [1.165, 1.54) is 12.1 Å². The highest BCUT2D eigenvalue weighted by Gasteiger charge is 2.30. The molecule has 0 aliphatic rings. The van der Waals surface area contributed by atoms with E-state index in [4.69, 9.17) is 10.8 Å². The zero-order valence-electron chi connectivity index (χ0n) is 10.4. The van der Waals surface area contributed by atoms with Gasteiger partial charge in [-0.2, -0.15) is 13.2 Å². The summed E-state index contributed by atoms with van der Waals surface area (Å²) in [6, 6.07) is 3.59. The van der Waals surface area contributed by atoms with Crippen molar-refractivity contribution in [3.63, 3.8) is 0 Å². The van der Waals surface area contributed by atoms with Crippen LogP contribution in [0.15, 0.2) is 18.2 Å². The lowest BCUT2D eigenvalue weighted by Gasteiger charge is -2.23. The Morgan fingerprint density at radius 1 is 1.40 bits per heavy atom. The van der Waals surface area contributed by atoms with E-state index >= 15 is 0 Å². The van der Waals surface area contributed by atoms with Crippen molar-refractivity contribution in [1.29, 1.82) is 0 Å². The number of nitrogens with two attached hydrogens (primary N) is 1. The molecule has 3 N–H and O–H groups in total. The predicted molar refractivity (Wildman–Crippen MR) is 65.9 cm³/mol. The summed E-state index contributed by atoms with van der Waals surface area (Å²) < 4.78 is 37.1. The molecule has 0 heterocycles. The molecule has 0 aromatic heterocycles. The Morgan fingerprint density at radius 3 is 2.55 bits per heavy atom. The third kappa shape index (κ3) is 5.02. The van der Waals surface area contributed by atoms with Gasteiger partial charge in [0.2, 0.25) is 0 Å².